The summed E-state index contributed by atoms with van der Waals surface area (Å²) in [5.74, 6) is 13.1. The molecule has 0 bridgehead atoms. The molecule has 0 saturated heterocycles. The van der Waals surface area contributed by atoms with Gasteiger partial charge in [-0.2, -0.15) is 5.26 Å². The van der Waals surface area contributed by atoms with Gasteiger partial charge in [0.25, 0.3) is 0 Å². The molecule has 0 aliphatic rings. The number of benzene rings is 5. The molecular weight excluding hydrogens is 386 g/mol. The van der Waals surface area contributed by atoms with Crippen LogP contribution in [0, 0.1) is 35.0 Å². The van der Waals surface area contributed by atoms with Gasteiger partial charge in [0.1, 0.15) is 0 Å². The fourth-order valence-electron chi connectivity index (χ4n) is 3.73. The van der Waals surface area contributed by atoms with Crippen molar-refractivity contribution in [3.63, 3.8) is 0 Å². The van der Waals surface area contributed by atoms with E-state index in [-0.39, 0.29) is 0 Å². The van der Waals surface area contributed by atoms with E-state index in [2.05, 4.69) is 84.3 Å². The first-order valence-electron chi connectivity index (χ1n) is 10.3. The van der Waals surface area contributed by atoms with Gasteiger partial charge < -0.3 is 0 Å². The molecule has 0 radical (unpaired) electrons. The van der Waals surface area contributed by atoms with Crippen molar-refractivity contribution in [1.29, 1.82) is 5.26 Å². The van der Waals surface area contributed by atoms with E-state index in [1.807, 2.05) is 36.4 Å². The molecule has 5 aromatic rings. The predicted octanol–water partition coefficient (Wildman–Crippen LogP) is 6.66. The third kappa shape index (κ3) is 3.95. The van der Waals surface area contributed by atoms with Crippen LogP contribution in [0.2, 0.25) is 0 Å². The van der Waals surface area contributed by atoms with Crippen molar-refractivity contribution in [2.45, 2.75) is 0 Å². The van der Waals surface area contributed by atoms with Crippen LogP contribution in [0.4, 0.5) is 0 Å². The van der Waals surface area contributed by atoms with Gasteiger partial charge in [0, 0.05) is 22.3 Å². The fraction of sp³-hybridized carbons (Fsp3) is 0. The van der Waals surface area contributed by atoms with E-state index in [1.54, 1.807) is 12.1 Å². The maximum Gasteiger partial charge on any atom is 0.0991 e. The molecule has 0 aliphatic carbocycles. The minimum absolute atomic E-state index is 0.633. The van der Waals surface area contributed by atoms with Crippen molar-refractivity contribution in [2.24, 2.45) is 0 Å². The Bertz CT molecular complexity index is 1570. The second-order valence-corrected chi connectivity index (χ2v) is 7.46. The molecule has 1 heteroatoms. The third-order valence-corrected chi connectivity index (χ3v) is 5.33. The van der Waals surface area contributed by atoms with Gasteiger partial charge in [0.15, 0.2) is 0 Å². The van der Waals surface area contributed by atoms with Gasteiger partial charge in [-0.05, 0) is 70.1 Å². The maximum atomic E-state index is 8.92. The SMILES string of the molecule is N#Cc1ccc(C#Cc2cccc(C#Cc3c4ccccc4cc4ccccc34)c2)cc1. The summed E-state index contributed by atoms with van der Waals surface area (Å²) in [5, 5.41) is 13.6. The average Bonchev–Trinajstić information content (AvgIpc) is 2.86. The van der Waals surface area contributed by atoms with E-state index in [1.165, 1.54) is 10.8 Å². The highest BCUT2D eigenvalue weighted by Gasteiger charge is 2.05. The van der Waals surface area contributed by atoms with Gasteiger partial charge in [-0.15, -0.1) is 0 Å². The molecule has 0 atom stereocenters. The Balaban J connectivity index is 1.53. The van der Waals surface area contributed by atoms with Crippen molar-refractivity contribution in [3.05, 3.63) is 131 Å². The van der Waals surface area contributed by atoms with Crippen molar-refractivity contribution < 1.29 is 0 Å². The molecule has 0 heterocycles. The zero-order chi connectivity index (χ0) is 21.8. The van der Waals surface area contributed by atoms with E-state index in [4.69, 9.17) is 5.26 Å². The normalized spacial score (nSPS) is 9.97. The quantitative estimate of drug-likeness (QED) is 0.209. The van der Waals surface area contributed by atoms with Crippen LogP contribution in [0.5, 0.6) is 0 Å². The number of nitriles is 1. The molecule has 32 heavy (non-hydrogen) atoms. The van der Waals surface area contributed by atoms with Crippen molar-refractivity contribution in [2.75, 3.05) is 0 Å². The summed E-state index contributed by atoms with van der Waals surface area (Å²) in [6.45, 7) is 0. The molecule has 0 fully saturated rings. The zero-order valence-electron chi connectivity index (χ0n) is 17.3. The Kier molecular flexibility index (Phi) is 5.12. The van der Waals surface area contributed by atoms with Crippen LogP contribution < -0.4 is 0 Å². The highest BCUT2D eigenvalue weighted by Crippen LogP contribution is 2.27. The average molecular weight is 403 g/mol. The summed E-state index contributed by atoms with van der Waals surface area (Å²) in [6.07, 6.45) is 0. The summed E-state index contributed by atoms with van der Waals surface area (Å²) in [4.78, 5) is 0. The van der Waals surface area contributed by atoms with Gasteiger partial charge in [-0.25, -0.2) is 0 Å². The first kappa shape index (κ1) is 19.2. The van der Waals surface area contributed by atoms with Crippen LogP contribution in [0.15, 0.2) is 103 Å². The standard InChI is InChI=1S/C31H17N/c32-22-26-16-13-23(14-17-26)12-15-24-6-5-7-25(20-24)18-19-31-29-10-3-1-8-27(29)21-28-9-2-4-11-30(28)31/h1-11,13-14,16-17,20-21H. The first-order valence-corrected chi connectivity index (χ1v) is 10.3. The van der Waals surface area contributed by atoms with Crippen LogP contribution in [-0.4, -0.2) is 0 Å². The first-order chi connectivity index (χ1) is 15.8. The van der Waals surface area contributed by atoms with Gasteiger partial charge >= 0.3 is 0 Å². The summed E-state index contributed by atoms with van der Waals surface area (Å²) < 4.78 is 0. The lowest BCUT2D eigenvalue weighted by Gasteiger charge is -2.06. The van der Waals surface area contributed by atoms with E-state index in [0.717, 1.165) is 33.0 Å². The smallest absolute Gasteiger partial charge is 0.0991 e. The molecule has 146 valence electrons. The number of nitrogens with zero attached hydrogens (tertiary/aromatic N) is 1. The monoisotopic (exact) mass is 403 g/mol. The molecule has 1 nitrogen and oxygen atoms in total. The Morgan fingerprint density at radius 2 is 0.969 bits per heavy atom. The number of fused-ring (bicyclic) bond motifs is 2. The number of hydrogen-bond acceptors (Lipinski definition) is 1. The second-order valence-electron chi connectivity index (χ2n) is 7.46. The Labute approximate surface area is 187 Å². The Morgan fingerprint density at radius 1 is 0.438 bits per heavy atom. The molecule has 0 amide bonds. The summed E-state index contributed by atoms with van der Waals surface area (Å²) >= 11 is 0. The molecule has 5 aromatic carbocycles. The molecule has 5 rings (SSSR count). The molecule has 0 aliphatic heterocycles. The van der Waals surface area contributed by atoms with E-state index in [9.17, 15) is 0 Å². The van der Waals surface area contributed by atoms with Crippen LogP contribution in [0.25, 0.3) is 21.5 Å². The zero-order valence-corrected chi connectivity index (χ0v) is 17.3. The topological polar surface area (TPSA) is 23.8 Å². The summed E-state index contributed by atoms with van der Waals surface area (Å²) in [5.41, 5.74) is 4.39. The molecule has 0 saturated carbocycles. The summed E-state index contributed by atoms with van der Waals surface area (Å²) in [7, 11) is 0. The Morgan fingerprint density at radius 3 is 1.59 bits per heavy atom. The van der Waals surface area contributed by atoms with Crippen LogP contribution >= 0.6 is 0 Å². The lowest BCUT2D eigenvalue weighted by atomic mass is 9.97. The molecule has 0 unspecified atom stereocenters. The second kappa shape index (κ2) is 8.53. The van der Waals surface area contributed by atoms with Gasteiger partial charge in [0.05, 0.1) is 11.6 Å². The summed E-state index contributed by atoms with van der Waals surface area (Å²) in [6, 6.07) is 36.4. The minimum Gasteiger partial charge on any atom is -0.192 e. The van der Waals surface area contributed by atoms with Gasteiger partial charge in [-0.1, -0.05) is 78.3 Å². The minimum atomic E-state index is 0.633. The molecular formula is C31H17N. The van der Waals surface area contributed by atoms with Crippen LogP contribution in [-0.2, 0) is 0 Å². The highest BCUT2D eigenvalue weighted by atomic mass is 14.2. The molecule has 0 aromatic heterocycles. The fourth-order valence-corrected chi connectivity index (χ4v) is 3.73. The van der Waals surface area contributed by atoms with E-state index >= 15 is 0 Å². The largest absolute Gasteiger partial charge is 0.192 e. The van der Waals surface area contributed by atoms with Crippen LogP contribution in [0.3, 0.4) is 0 Å². The molecule has 0 N–H and O–H groups in total. The third-order valence-electron chi connectivity index (χ3n) is 5.33. The van der Waals surface area contributed by atoms with Crippen molar-refractivity contribution >= 4 is 21.5 Å². The Hall–Kier alpha value is -4.77. The van der Waals surface area contributed by atoms with Crippen molar-refractivity contribution in [1.82, 2.24) is 0 Å². The predicted molar refractivity (Wildman–Crippen MR) is 131 cm³/mol. The van der Waals surface area contributed by atoms with E-state index in [0.29, 0.717) is 5.56 Å². The number of rotatable bonds is 0. The highest BCUT2D eigenvalue weighted by molar-refractivity contribution is 6.04. The lowest BCUT2D eigenvalue weighted by molar-refractivity contribution is 1.48. The van der Waals surface area contributed by atoms with E-state index < -0.39 is 0 Å². The van der Waals surface area contributed by atoms with Gasteiger partial charge in [0.2, 0.25) is 0 Å². The maximum absolute atomic E-state index is 8.92. The van der Waals surface area contributed by atoms with Crippen molar-refractivity contribution in [3.8, 4) is 29.8 Å². The number of hydrogen-bond donors (Lipinski definition) is 0. The molecule has 0 spiro atoms. The lowest BCUT2D eigenvalue weighted by Crippen LogP contribution is -1.85. The van der Waals surface area contributed by atoms with Crippen LogP contribution in [0.1, 0.15) is 27.8 Å². The van der Waals surface area contributed by atoms with Gasteiger partial charge in [-0.3, -0.25) is 0 Å².